The van der Waals surface area contributed by atoms with Crippen molar-refractivity contribution >= 4 is 15.9 Å². The third-order valence-corrected chi connectivity index (χ3v) is 3.00. The summed E-state index contributed by atoms with van der Waals surface area (Å²) in [5.41, 5.74) is 8.24. The summed E-state index contributed by atoms with van der Waals surface area (Å²) in [4.78, 5) is 4.34. The van der Waals surface area contributed by atoms with E-state index in [-0.39, 0.29) is 6.04 Å². The number of fused-ring (bicyclic) bond motifs is 1. The lowest BCUT2D eigenvalue weighted by Crippen LogP contribution is -2.22. The third kappa shape index (κ3) is 1.10. The van der Waals surface area contributed by atoms with Crippen LogP contribution >= 0.6 is 15.9 Å². The van der Waals surface area contributed by atoms with E-state index in [9.17, 15) is 0 Å². The minimum absolute atomic E-state index is 0.178. The molecule has 0 fully saturated rings. The molecule has 1 aliphatic rings. The van der Waals surface area contributed by atoms with E-state index in [1.54, 1.807) is 0 Å². The minimum Gasteiger partial charge on any atom is -0.323 e. The summed E-state index contributed by atoms with van der Waals surface area (Å²) in [5.74, 6) is 0. The van der Waals surface area contributed by atoms with E-state index >= 15 is 0 Å². The van der Waals surface area contributed by atoms with Crippen LogP contribution in [-0.2, 0) is 6.54 Å². The molecule has 4 heteroatoms. The summed E-state index contributed by atoms with van der Waals surface area (Å²) >= 11 is 3.43. The van der Waals surface area contributed by atoms with Gasteiger partial charge in [0, 0.05) is 12.6 Å². The highest BCUT2D eigenvalue weighted by Gasteiger charge is 2.22. The fourth-order valence-corrected chi connectivity index (χ4v) is 2.47. The van der Waals surface area contributed by atoms with Crippen LogP contribution in [0.25, 0.3) is 0 Å². The lowest BCUT2D eigenvalue weighted by molar-refractivity contribution is 0.456. The smallest absolute Gasteiger partial charge is 0.177 e. The Labute approximate surface area is 80.1 Å². The molecule has 0 bridgehead atoms. The highest BCUT2D eigenvalue weighted by atomic mass is 79.9. The number of rotatable bonds is 0. The Morgan fingerprint density at radius 1 is 1.67 bits per heavy atom. The van der Waals surface area contributed by atoms with E-state index in [1.807, 2.05) is 6.92 Å². The van der Waals surface area contributed by atoms with Crippen LogP contribution in [-0.4, -0.2) is 9.55 Å². The number of hydrogen-bond donors (Lipinski definition) is 1. The summed E-state index contributed by atoms with van der Waals surface area (Å²) in [7, 11) is 0. The van der Waals surface area contributed by atoms with E-state index in [0.717, 1.165) is 29.8 Å². The topological polar surface area (TPSA) is 43.8 Å². The number of aromatic nitrogens is 2. The zero-order chi connectivity index (χ0) is 8.72. The van der Waals surface area contributed by atoms with Gasteiger partial charge in [-0.1, -0.05) is 0 Å². The molecule has 2 rings (SSSR count). The molecule has 0 aliphatic carbocycles. The molecule has 0 saturated carbocycles. The molecule has 0 radical (unpaired) electrons. The van der Waals surface area contributed by atoms with E-state index in [1.165, 1.54) is 5.69 Å². The Bertz CT molecular complexity index is 305. The molecule has 1 atom stereocenters. The standard InChI is InChI=1S/C8H12BrN3/c1-5-7-6(10)3-2-4-12(7)8(9)11-5/h6H,2-4,10H2,1H3. The molecule has 66 valence electrons. The van der Waals surface area contributed by atoms with Crippen molar-refractivity contribution in [3.63, 3.8) is 0 Å². The first-order chi connectivity index (χ1) is 5.70. The third-order valence-electron chi connectivity index (χ3n) is 2.39. The Morgan fingerprint density at radius 2 is 2.42 bits per heavy atom. The van der Waals surface area contributed by atoms with Crippen LogP contribution in [0.4, 0.5) is 0 Å². The van der Waals surface area contributed by atoms with E-state index in [0.29, 0.717) is 0 Å². The van der Waals surface area contributed by atoms with Gasteiger partial charge >= 0.3 is 0 Å². The van der Waals surface area contributed by atoms with Crippen LogP contribution in [0.1, 0.15) is 30.3 Å². The first kappa shape index (κ1) is 8.26. The fraction of sp³-hybridized carbons (Fsp3) is 0.625. The number of nitrogens with two attached hydrogens (primary N) is 1. The molecule has 2 heterocycles. The van der Waals surface area contributed by atoms with Gasteiger partial charge in [0.1, 0.15) is 0 Å². The van der Waals surface area contributed by atoms with Crippen molar-refractivity contribution in [2.24, 2.45) is 5.73 Å². The van der Waals surface area contributed by atoms with Crippen molar-refractivity contribution in [3.8, 4) is 0 Å². The number of nitrogens with zero attached hydrogens (tertiary/aromatic N) is 2. The predicted octanol–water partition coefficient (Wildman–Crippen LogP) is 1.75. The van der Waals surface area contributed by atoms with Crippen molar-refractivity contribution in [2.45, 2.75) is 32.4 Å². The first-order valence-electron chi connectivity index (χ1n) is 4.18. The molecule has 3 nitrogen and oxygen atoms in total. The maximum Gasteiger partial charge on any atom is 0.177 e. The van der Waals surface area contributed by atoms with Gasteiger partial charge in [0.25, 0.3) is 0 Å². The van der Waals surface area contributed by atoms with Gasteiger partial charge in [-0.3, -0.25) is 0 Å². The van der Waals surface area contributed by atoms with Crippen molar-refractivity contribution in [1.29, 1.82) is 0 Å². The van der Waals surface area contributed by atoms with Gasteiger partial charge in [-0.05, 0) is 35.7 Å². The molecule has 1 aromatic rings. The molecule has 1 aromatic heterocycles. The number of halogens is 1. The van der Waals surface area contributed by atoms with E-state index in [4.69, 9.17) is 5.73 Å². The van der Waals surface area contributed by atoms with Crippen molar-refractivity contribution < 1.29 is 0 Å². The second-order valence-electron chi connectivity index (χ2n) is 3.25. The maximum absolute atomic E-state index is 5.98. The van der Waals surface area contributed by atoms with Crippen molar-refractivity contribution in [3.05, 3.63) is 16.1 Å². The van der Waals surface area contributed by atoms with Crippen LogP contribution in [0.15, 0.2) is 4.73 Å². The monoisotopic (exact) mass is 229 g/mol. The Kier molecular flexibility index (Phi) is 1.96. The second-order valence-corrected chi connectivity index (χ2v) is 3.96. The Hall–Kier alpha value is -0.350. The lowest BCUT2D eigenvalue weighted by Gasteiger charge is -2.21. The summed E-state index contributed by atoms with van der Waals surface area (Å²) in [6.45, 7) is 3.06. The minimum atomic E-state index is 0.178. The van der Waals surface area contributed by atoms with Gasteiger partial charge in [0.2, 0.25) is 0 Å². The summed E-state index contributed by atoms with van der Waals surface area (Å²) in [6.07, 6.45) is 2.24. The molecule has 1 aliphatic heterocycles. The second kappa shape index (κ2) is 2.85. The highest BCUT2D eigenvalue weighted by molar-refractivity contribution is 9.10. The van der Waals surface area contributed by atoms with Crippen molar-refractivity contribution in [2.75, 3.05) is 0 Å². The van der Waals surface area contributed by atoms with Gasteiger partial charge in [-0.2, -0.15) is 0 Å². The van der Waals surface area contributed by atoms with Gasteiger partial charge in [0.15, 0.2) is 4.73 Å². The molecule has 1 unspecified atom stereocenters. The maximum atomic E-state index is 5.98. The molecule has 0 saturated heterocycles. The first-order valence-corrected chi connectivity index (χ1v) is 4.97. The Balaban J connectivity index is 2.55. The predicted molar refractivity (Wildman–Crippen MR) is 50.8 cm³/mol. The summed E-state index contributed by atoms with van der Waals surface area (Å²) in [5, 5.41) is 0. The summed E-state index contributed by atoms with van der Waals surface area (Å²) in [6, 6.07) is 0.178. The average molecular weight is 230 g/mol. The van der Waals surface area contributed by atoms with Crippen LogP contribution < -0.4 is 5.73 Å². The van der Waals surface area contributed by atoms with Gasteiger partial charge in [-0.15, -0.1) is 0 Å². The highest BCUT2D eigenvalue weighted by Crippen LogP contribution is 2.28. The summed E-state index contributed by atoms with van der Waals surface area (Å²) < 4.78 is 3.09. The molecule has 12 heavy (non-hydrogen) atoms. The molecule has 2 N–H and O–H groups in total. The van der Waals surface area contributed by atoms with Crippen molar-refractivity contribution in [1.82, 2.24) is 9.55 Å². The van der Waals surface area contributed by atoms with Crippen LogP contribution in [0.2, 0.25) is 0 Å². The normalized spacial score (nSPS) is 22.4. The fourth-order valence-electron chi connectivity index (χ4n) is 1.84. The average Bonchev–Trinajstić information content (AvgIpc) is 2.29. The van der Waals surface area contributed by atoms with Gasteiger partial charge in [0.05, 0.1) is 11.4 Å². The largest absolute Gasteiger partial charge is 0.323 e. The van der Waals surface area contributed by atoms with Crippen LogP contribution in [0.3, 0.4) is 0 Å². The van der Waals surface area contributed by atoms with Gasteiger partial charge in [-0.25, -0.2) is 4.98 Å². The number of imidazole rings is 1. The molecular formula is C8H12BrN3. The SMILES string of the molecule is Cc1nc(Br)n2c1C(N)CCC2. The Morgan fingerprint density at radius 3 is 3.08 bits per heavy atom. The number of aryl methyl sites for hydroxylation is 1. The van der Waals surface area contributed by atoms with Gasteiger partial charge < -0.3 is 10.3 Å². The quantitative estimate of drug-likeness (QED) is 0.737. The van der Waals surface area contributed by atoms with Crippen LogP contribution in [0, 0.1) is 6.92 Å². The molecule has 0 aromatic carbocycles. The lowest BCUT2D eigenvalue weighted by atomic mass is 10.0. The number of hydrogen-bond acceptors (Lipinski definition) is 2. The van der Waals surface area contributed by atoms with E-state index in [2.05, 4.69) is 25.5 Å². The molecule has 0 amide bonds. The van der Waals surface area contributed by atoms with Crippen LogP contribution in [0.5, 0.6) is 0 Å². The van der Waals surface area contributed by atoms with E-state index < -0.39 is 0 Å². The molecular weight excluding hydrogens is 218 g/mol. The zero-order valence-corrected chi connectivity index (χ0v) is 8.63. The zero-order valence-electron chi connectivity index (χ0n) is 7.05. The molecule has 0 spiro atoms.